The van der Waals surface area contributed by atoms with Gasteiger partial charge in [-0.2, -0.15) is 13.2 Å². The van der Waals surface area contributed by atoms with E-state index in [0.29, 0.717) is 37.4 Å². The number of hydrogen-bond acceptors (Lipinski definition) is 4. The summed E-state index contributed by atoms with van der Waals surface area (Å²) in [6.07, 6.45) is -5.06. The molecular formula is C17H20F3NO4. The van der Waals surface area contributed by atoms with Crippen molar-refractivity contribution >= 4 is 11.8 Å². The van der Waals surface area contributed by atoms with Crippen LogP contribution in [0.4, 0.5) is 23.7 Å². The van der Waals surface area contributed by atoms with Crippen molar-refractivity contribution in [2.24, 2.45) is 0 Å². The highest BCUT2D eigenvalue weighted by Crippen LogP contribution is 2.35. The Hall–Kier alpha value is -1.96. The Bertz CT molecular complexity index is 635. The van der Waals surface area contributed by atoms with E-state index in [-0.39, 0.29) is 12.5 Å². The normalized spacial score (nSPS) is 23.2. The van der Waals surface area contributed by atoms with Gasteiger partial charge in [0, 0.05) is 19.2 Å². The van der Waals surface area contributed by atoms with Gasteiger partial charge < -0.3 is 14.2 Å². The number of methoxy groups -OCH3 is 1. The first-order valence-corrected chi connectivity index (χ1v) is 8.19. The van der Waals surface area contributed by atoms with Crippen molar-refractivity contribution in [1.29, 1.82) is 0 Å². The van der Waals surface area contributed by atoms with E-state index in [1.807, 2.05) is 6.07 Å². The lowest BCUT2D eigenvalue weighted by Gasteiger charge is -2.27. The van der Waals surface area contributed by atoms with Gasteiger partial charge in [0.15, 0.2) is 0 Å². The number of fused-ring (bicyclic) bond motifs is 1. The van der Waals surface area contributed by atoms with Crippen molar-refractivity contribution < 1.29 is 32.2 Å². The smallest absolute Gasteiger partial charge is 0.414 e. The summed E-state index contributed by atoms with van der Waals surface area (Å²) in [5.74, 6) is 0.586. The fourth-order valence-electron chi connectivity index (χ4n) is 3.13. The van der Waals surface area contributed by atoms with Gasteiger partial charge in [0.05, 0.1) is 19.3 Å². The summed E-state index contributed by atoms with van der Waals surface area (Å²) in [7, 11) is 1.54. The molecule has 0 radical (unpaired) electrons. The second-order valence-electron chi connectivity index (χ2n) is 6.30. The van der Waals surface area contributed by atoms with Gasteiger partial charge in [0.25, 0.3) is 0 Å². The zero-order valence-corrected chi connectivity index (χ0v) is 13.8. The molecule has 2 atom stereocenters. The van der Waals surface area contributed by atoms with Crippen LogP contribution in [0.15, 0.2) is 18.2 Å². The van der Waals surface area contributed by atoms with Crippen LogP contribution in [-0.4, -0.2) is 44.7 Å². The van der Waals surface area contributed by atoms with Gasteiger partial charge in [-0.25, -0.2) is 4.79 Å². The summed E-state index contributed by atoms with van der Waals surface area (Å²) >= 11 is 0. The van der Waals surface area contributed by atoms with Crippen LogP contribution in [-0.2, 0) is 15.9 Å². The van der Waals surface area contributed by atoms with Gasteiger partial charge in [-0.15, -0.1) is 0 Å². The Balaban J connectivity index is 1.65. The molecule has 8 heteroatoms. The van der Waals surface area contributed by atoms with Gasteiger partial charge in [0.2, 0.25) is 0 Å². The number of ether oxygens (including phenoxy) is 3. The van der Waals surface area contributed by atoms with Crippen LogP contribution in [0.3, 0.4) is 0 Å². The maximum Gasteiger partial charge on any atom is 0.414 e. The molecule has 1 aromatic rings. The number of benzene rings is 1. The highest BCUT2D eigenvalue weighted by Gasteiger charge is 2.33. The molecule has 0 aliphatic carbocycles. The Labute approximate surface area is 143 Å². The number of halogens is 3. The van der Waals surface area contributed by atoms with Crippen molar-refractivity contribution in [3.63, 3.8) is 0 Å². The second-order valence-corrected chi connectivity index (χ2v) is 6.30. The summed E-state index contributed by atoms with van der Waals surface area (Å²) in [4.78, 5) is 13.5. The SMILES string of the molecule is COC[C@H]1CN(c2ccc3c(c2)CC[C@H](CCC(F)(F)F)O3)C(=O)O1. The topological polar surface area (TPSA) is 48.0 Å². The van der Waals surface area contributed by atoms with E-state index in [4.69, 9.17) is 14.2 Å². The number of amides is 1. The molecule has 0 aromatic heterocycles. The molecule has 138 valence electrons. The van der Waals surface area contributed by atoms with Crippen LogP contribution in [0.25, 0.3) is 0 Å². The highest BCUT2D eigenvalue weighted by molar-refractivity contribution is 5.90. The summed E-state index contributed by atoms with van der Waals surface area (Å²) in [6.45, 7) is 0.734. The molecular weight excluding hydrogens is 339 g/mol. The molecule has 1 fully saturated rings. The molecule has 1 saturated heterocycles. The predicted octanol–water partition coefficient (Wildman–Crippen LogP) is 3.69. The standard InChI is InChI=1S/C17H20F3NO4/c1-23-10-14-9-21(16(22)25-14)12-3-5-15-11(8-12)2-4-13(24-15)6-7-17(18,19)20/h3,5,8,13-14H,2,4,6-7,9-10H2,1H3/t13-,14-/m1/s1. The molecule has 2 aliphatic heterocycles. The first kappa shape index (κ1) is 17.8. The first-order chi connectivity index (χ1) is 11.9. The average molecular weight is 359 g/mol. The molecule has 3 rings (SSSR count). The van der Waals surface area contributed by atoms with E-state index in [9.17, 15) is 18.0 Å². The van der Waals surface area contributed by atoms with Gasteiger partial charge in [-0.3, -0.25) is 4.90 Å². The molecule has 0 bridgehead atoms. The first-order valence-electron chi connectivity index (χ1n) is 8.19. The third-order valence-corrected chi connectivity index (χ3v) is 4.36. The number of aryl methyl sites for hydroxylation is 1. The van der Waals surface area contributed by atoms with Crippen LogP contribution >= 0.6 is 0 Å². The van der Waals surface area contributed by atoms with Crippen molar-refractivity contribution in [1.82, 2.24) is 0 Å². The maximum atomic E-state index is 12.3. The third-order valence-electron chi connectivity index (χ3n) is 4.36. The van der Waals surface area contributed by atoms with Gasteiger partial charge in [-0.05, 0) is 43.0 Å². The minimum Gasteiger partial charge on any atom is -0.490 e. The Morgan fingerprint density at radius 2 is 2.08 bits per heavy atom. The lowest BCUT2D eigenvalue weighted by molar-refractivity contribution is -0.139. The highest BCUT2D eigenvalue weighted by atomic mass is 19.4. The number of carbonyl (C=O) groups is 1. The van der Waals surface area contributed by atoms with E-state index >= 15 is 0 Å². The Morgan fingerprint density at radius 3 is 2.80 bits per heavy atom. The van der Waals surface area contributed by atoms with Gasteiger partial charge in [0.1, 0.15) is 11.9 Å². The number of cyclic esters (lactones) is 1. The van der Waals surface area contributed by atoms with E-state index < -0.39 is 24.8 Å². The van der Waals surface area contributed by atoms with Gasteiger partial charge >= 0.3 is 12.3 Å². The minimum atomic E-state index is -4.16. The number of hydrogen-bond donors (Lipinski definition) is 0. The Kier molecular flexibility index (Phi) is 5.08. The van der Waals surface area contributed by atoms with Crippen LogP contribution in [0, 0.1) is 0 Å². The molecule has 0 N–H and O–H groups in total. The van der Waals surface area contributed by atoms with Crippen molar-refractivity contribution in [3.8, 4) is 5.75 Å². The molecule has 0 saturated carbocycles. The molecule has 2 heterocycles. The summed E-state index contributed by atoms with van der Waals surface area (Å²) < 4.78 is 52.9. The fourth-order valence-corrected chi connectivity index (χ4v) is 3.13. The van der Waals surface area contributed by atoms with Gasteiger partial charge in [-0.1, -0.05) is 0 Å². The zero-order valence-electron chi connectivity index (χ0n) is 13.8. The lowest BCUT2D eigenvalue weighted by Crippen LogP contribution is -2.27. The van der Waals surface area contributed by atoms with E-state index in [0.717, 1.165) is 5.56 Å². The summed E-state index contributed by atoms with van der Waals surface area (Å²) in [5.41, 5.74) is 1.59. The van der Waals surface area contributed by atoms with Crippen LogP contribution in [0.5, 0.6) is 5.75 Å². The zero-order chi connectivity index (χ0) is 18.0. The molecule has 0 spiro atoms. The molecule has 25 heavy (non-hydrogen) atoms. The molecule has 1 amide bonds. The van der Waals surface area contributed by atoms with Crippen molar-refractivity contribution in [3.05, 3.63) is 23.8 Å². The number of rotatable bonds is 5. The second kappa shape index (κ2) is 7.11. The van der Waals surface area contributed by atoms with E-state index in [1.165, 1.54) is 4.90 Å². The van der Waals surface area contributed by atoms with Crippen molar-refractivity contribution in [2.75, 3.05) is 25.2 Å². The largest absolute Gasteiger partial charge is 0.490 e. The third kappa shape index (κ3) is 4.36. The predicted molar refractivity (Wildman–Crippen MR) is 84.0 cm³/mol. The number of carbonyl (C=O) groups excluding carboxylic acids is 1. The van der Waals surface area contributed by atoms with Crippen molar-refractivity contribution in [2.45, 2.75) is 44.1 Å². The summed E-state index contributed by atoms with van der Waals surface area (Å²) in [6, 6.07) is 5.27. The maximum absolute atomic E-state index is 12.3. The quantitative estimate of drug-likeness (QED) is 0.804. The van der Waals surface area contributed by atoms with Crippen LogP contribution in [0.2, 0.25) is 0 Å². The van der Waals surface area contributed by atoms with Crippen LogP contribution < -0.4 is 9.64 Å². The minimum absolute atomic E-state index is 0.0398. The molecule has 5 nitrogen and oxygen atoms in total. The van der Waals surface area contributed by atoms with Crippen LogP contribution in [0.1, 0.15) is 24.8 Å². The molecule has 2 aliphatic rings. The monoisotopic (exact) mass is 359 g/mol. The number of nitrogens with zero attached hydrogens (tertiary/aromatic N) is 1. The fraction of sp³-hybridized carbons (Fsp3) is 0.588. The number of anilines is 1. The lowest BCUT2D eigenvalue weighted by atomic mass is 9.98. The average Bonchev–Trinajstić information content (AvgIpc) is 2.92. The van der Waals surface area contributed by atoms with E-state index in [2.05, 4.69) is 0 Å². The number of alkyl halides is 3. The molecule has 0 unspecified atom stereocenters. The van der Waals surface area contributed by atoms with E-state index in [1.54, 1.807) is 19.2 Å². The summed E-state index contributed by atoms with van der Waals surface area (Å²) in [5, 5.41) is 0. The Morgan fingerprint density at radius 1 is 1.28 bits per heavy atom. The molecule has 1 aromatic carbocycles.